The molecule has 2 N–H and O–H groups in total. The van der Waals surface area contributed by atoms with E-state index in [4.69, 9.17) is 25.8 Å². The van der Waals surface area contributed by atoms with E-state index in [-0.39, 0.29) is 23.3 Å². The Morgan fingerprint density at radius 1 is 1.13 bits per heavy atom. The van der Waals surface area contributed by atoms with Crippen LogP contribution in [0.4, 0.5) is 13.6 Å². The topological polar surface area (TPSA) is 118 Å². The number of carbonyl (C=O) groups excluding carboxylic acids is 1. The molecule has 2 aromatic carbocycles. The van der Waals surface area contributed by atoms with Crippen molar-refractivity contribution in [3.63, 3.8) is 0 Å². The van der Waals surface area contributed by atoms with Gasteiger partial charge in [0.05, 0.1) is 22.7 Å². The van der Waals surface area contributed by atoms with Gasteiger partial charge in [0.2, 0.25) is 0 Å². The van der Waals surface area contributed by atoms with Gasteiger partial charge in [-0.2, -0.15) is 0 Å². The van der Waals surface area contributed by atoms with Gasteiger partial charge in [-0.05, 0) is 52.0 Å². The van der Waals surface area contributed by atoms with Crippen molar-refractivity contribution in [2.75, 3.05) is 6.54 Å². The number of halogens is 3. The molecular weight excluding hydrogens is 610 g/mol. The minimum absolute atomic E-state index is 0.00396. The quantitative estimate of drug-likeness (QED) is 0.312. The summed E-state index contributed by atoms with van der Waals surface area (Å²) in [6, 6.07) is 9.65. The van der Waals surface area contributed by atoms with Crippen LogP contribution in [-0.4, -0.2) is 62.6 Å². The Morgan fingerprint density at radius 3 is 2.49 bits per heavy atom. The summed E-state index contributed by atoms with van der Waals surface area (Å²) < 4.78 is 49.9. The lowest BCUT2D eigenvalue weighted by atomic mass is 9.80. The molecule has 1 amide bonds. The molecule has 1 aromatic heterocycles. The number of aliphatic hydroxyl groups is 1. The number of aromatic carboxylic acids is 1. The number of amides is 1. The Kier molecular flexibility index (Phi) is 7.89. The van der Waals surface area contributed by atoms with Gasteiger partial charge in [0.15, 0.2) is 11.4 Å². The summed E-state index contributed by atoms with van der Waals surface area (Å²) in [6.07, 6.45) is 0.954. The van der Waals surface area contributed by atoms with Crippen LogP contribution in [0.1, 0.15) is 67.9 Å². The number of hydrogen-bond acceptors (Lipinski definition) is 7. The lowest BCUT2D eigenvalue weighted by Crippen LogP contribution is -2.53. The molecule has 1 saturated carbocycles. The van der Waals surface area contributed by atoms with Crippen LogP contribution >= 0.6 is 11.6 Å². The number of likely N-dealkylation sites (tertiary alicyclic amines) is 1. The highest BCUT2D eigenvalue weighted by Crippen LogP contribution is 2.53. The molecule has 3 heterocycles. The maximum absolute atomic E-state index is 16.3. The molecule has 12 heteroatoms. The number of hydrogen-bond donors (Lipinski definition) is 2. The van der Waals surface area contributed by atoms with Crippen LogP contribution in [0, 0.1) is 11.6 Å². The van der Waals surface area contributed by atoms with Crippen molar-refractivity contribution in [1.82, 2.24) is 9.88 Å². The molecule has 45 heavy (non-hydrogen) atoms. The van der Waals surface area contributed by atoms with Crippen molar-refractivity contribution in [2.45, 2.75) is 82.3 Å². The van der Waals surface area contributed by atoms with Gasteiger partial charge in [-0.3, -0.25) is 0 Å². The van der Waals surface area contributed by atoms with Gasteiger partial charge in [-0.1, -0.05) is 41.9 Å². The van der Waals surface area contributed by atoms with Crippen molar-refractivity contribution in [2.24, 2.45) is 0 Å². The molecule has 3 aromatic rings. The van der Waals surface area contributed by atoms with Crippen LogP contribution < -0.4 is 9.47 Å². The normalized spacial score (nSPS) is 24.1. The number of rotatable bonds is 6. The molecule has 1 saturated heterocycles. The minimum atomic E-state index is -1.51. The molecular formula is C33H33ClF2N2O7. The number of benzene rings is 2. The molecule has 0 unspecified atom stereocenters. The number of carboxylic acids is 1. The van der Waals surface area contributed by atoms with Gasteiger partial charge in [0.25, 0.3) is 5.88 Å². The third-order valence-corrected chi connectivity index (χ3v) is 8.98. The SMILES string of the molecule is CC(C)(C)OC(=O)N1CCC[C@H]1[C@@]1(c2ccccc2)Cc2c(cc(F)c(Cl)c2-c2c(C(=O)O)cnc(O[C@H]3CC[C@H]3O)c2F)O1. The van der Waals surface area contributed by atoms with E-state index in [1.54, 1.807) is 25.7 Å². The van der Waals surface area contributed by atoms with E-state index in [0.717, 1.165) is 12.3 Å². The van der Waals surface area contributed by atoms with Gasteiger partial charge in [0.1, 0.15) is 23.3 Å². The van der Waals surface area contributed by atoms with Gasteiger partial charge < -0.3 is 29.3 Å². The molecule has 0 bridgehead atoms. The second kappa shape index (κ2) is 11.4. The highest BCUT2D eigenvalue weighted by atomic mass is 35.5. The van der Waals surface area contributed by atoms with Gasteiger partial charge >= 0.3 is 12.1 Å². The Labute approximate surface area is 263 Å². The number of pyridine rings is 1. The fourth-order valence-electron chi connectivity index (χ4n) is 6.40. The molecule has 3 aliphatic rings. The van der Waals surface area contributed by atoms with Crippen LogP contribution in [0.5, 0.6) is 11.6 Å². The molecule has 9 nitrogen and oxygen atoms in total. The number of fused-ring (bicyclic) bond motifs is 1. The molecule has 1 aliphatic carbocycles. The summed E-state index contributed by atoms with van der Waals surface area (Å²) in [5.41, 5.74) is -2.35. The van der Waals surface area contributed by atoms with E-state index < -0.39 is 75.2 Å². The summed E-state index contributed by atoms with van der Waals surface area (Å²) in [5.74, 6) is -4.11. The van der Waals surface area contributed by atoms with Crippen LogP contribution in [0.15, 0.2) is 42.6 Å². The molecule has 4 atom stereocenters. The van der Waals surface area contributed by atoms with Gasteiger partial charge in [0, 0.05) is 41.9 Å². The van der Waals surface area contributed by atoms with Crippen molar-refractivity contribution in [3.8, 4) is 22.8 Å². The molecule has 6 rings (SSSR count). The summed E-state index contributed by atoms with van der Waals surface area (Å²) in [5, 5.41) is 19.6. The maximum atomic E-state index is 16.3. The van der Waals surface area contributed by atoms with Crippen molar-refractivity contribution in [1.29, 1.82) is 0 Å². The van der Waals surface area contributed by atoms with E-state index >= 15 is 8.78 Å². The summed E-state index contributed by atoms with van der Waals surface area (Å²) in [6.45, 7) is 5.71. The highest BCUT2D eigenvalue weighted by Gasteiger charge is 2.54. The number of aromatic nitrogens is 1. The van der Waals surface area contributed by atoms with Crippen molar-refractivity contribution >= 4 is 23.7 Å². The van der Waals surface area contributed by atoms with E-state index in [1.165, 1.54) is 0 Å². The number of carboxylic acid groups (broad SMARTS) is 1. The smallest absolute Gasteiger partial charge is 0.410 e. The summed E-state index contributed by atoms with van der Waals surface area (Å²) in [7, 11) is 0. The second-order valence-corrected chi connectivity index (χ2v) is 13.0. The second-order valence-electron chi connectivity index (χ2n) is 12.7. The highest BCUT2D eigenvalue weighted by molar-refractivity contribution is 6.34. The van der Waals surface area contributed by atoms with Crippen molar-refractivity contribution < 1.29 is 42.8 Å². The van der Waals surface area contributed by atoms with E-state index in [1.807, 2.05) is 30.3 Å². The first-order valence-corrected chi connectivity index (χ1v) is 15.2. The molecule has 238 valence electrons. The fourth-order valence-corrected chi connectivity index (χ4v) is 6.67. The first-order valence-electron chi connectivity index (χ1n) is 14.8. The fraction of sp³-hybridized carbons (Fsp3) is 0.424. The van der Waals surface area contributed by atoms with Gasteiger partial charge in [-0.15, -0.1) is 0 Å². The van der Waals surface area contributed by atoms with Crippen LogP contribution in [0.2, 0.25) is 5.02 Å². The summed E-state index contributed by atoms with van der Waals surface area (Å²) in [4.78, 5) is 31.3. The van der Waals surface area contributed by atoms with Crippen LogP contribution in [0.3, 0.4) is 0 Å². The summed E-state index contributed by atoms with van der Waals surface area (Å²) >= 11 is 6.55. The molecule has 0 radical (unpaired) electrons. The Hall–Kier alpha value is -3.96. The Morgan fingerprint density at radius 2 is 1.87 bits per heavy atom. The third kappa shape index (κ3) is 5.46. The van der Waals surface area contributed by atoms with Crippen LogP contribution in [0.25, 0.3) is 11.1 Å². The van der Waals surface area contributed by atoms with Crippen LogP contribution in [-0.2, 0) is 16.8 Å². The first-order chi connectivity index (χ1) is 21.3. The monoisotopic (exact) mass is 642 g/mol. The third-order valence-electron chi connectivity index (χ3n) is 8.61. The zero-order chi connectivity index (χ0) is 32.3. The zero-order valence-electron chi connectivity index (χ0n) is 25.0. The number of nitrogens with zero attached hydrogens (tertiary/aromatic N) is 2. The predicted molar refractivity (Wildman–Crippen MR) is 160 cm³/mol. The average molecular weight is 643 g/mol. The van der Waals surface area contributed by atoms with E-state index in [2.05, 4.69) is 4.98 Å². The largest absolute Gasteiger partial charge is 0.480 e. The average Bonchev–Trinajstić information content (AvgIpc) is 3.62. The predicted octanol–water partition coefficient (Wildman–Crippen LogP) is 6.51. The Balaban J connectivity index is 1.52. The number of carbonyl (C=O) groups is 2. The lowest BCUT2D eigenvalue weighted by Gasteiger charge is -2.40. The van der Waals surface area contributed by atoms with E-state index in [9.17, 15) is 19.8 Å². The molecule has 2 fully saturated rings. The van der Waals surface area contributed by atoms with Gasteiger partial charge in [-0.25, -0.2) is 23.4 Å². The Bertz CT molecular complexity index is 1670. The molecule has 0 spiro atoms. The zero-order valence-corrected chi connectivity index (χ0v) is 25.7. The first kappa shape index (κ1) is 31.0. The maximum Gasteiger partial charge on any atom is 0.410 e. The standard InChI is InChI=1S/C33H33ClF2N2O7/c1-32(2,3)45-31(42)38-13-7-10-24(38)33(17-8-5-4-6-9-17)15-18-23(44-33)14-20(35)27(34)25(18)26-19(30(40)41)16-37-29(28(26)36)43-22-12-11-21(22)39/h4-6,8-9,14,16,21-22,24,39H,7,10-13,15H2,1-3H3,(H,40,41)/t21-,22+,24+,33+/m1/s1. The van der Waals surface area contributed by atoms with E-state index in [0.29, 0.717) is 37.8 Å². The number of aliphatic hydroxyl groups excluding tert-OH is 1. The van der Waals surface area contributed by atoms with Crippen molar-refractivity contribution in [3.05, 3.63) is 75.9 Å². The lowest BCUT2D eigenvalue weighted by molar-refractivity contribution is -0.0400. The minimum Gasteiger partial charge on any atom is -0.480 e. The molecule has 2 aliphatic heterocycles. The number of ether oxygens (including phenoxy) is 3.